The van der Waals surface area contributed by atoms with Gasteiger partial charge < -0.3 is 5.32 Å². The zero-order valence-electron chi connectivity index (χ0n) is 9.61. The first-order chi connectivity index (χ1) is 8.91. The van der Waals surface area contributed by atoms with Crippen LogP contribution in [-0.4, -0.2) is 20.5 Å². The van der Waals surface area contributed by atoms with Gasteiger partial charge in [-0.3, -0.25) is 9.20 Å². The molecule has 1 amide bonds. The second-order valence-corrected chi connectivity index (χ2v) is 3.68. The van der Waals surface area contributed by atoms with Crippen molar-refractivity contribution in [2.75, 3.05) is 0 Å². The molecule has 100 valence electrons. The highest BCUT2D eigenvalue weighted by Crippen LogP contribution is 2.29. The lowest BCUT2D eigenvalue weighted by molar-refractivity contribution is -0.137. The number of nitrogens with one attached hydrogen (secondary N) is 1. The molecule has 1 N–H and O–H groups in total. The molecule has 0 fully saturated rings. The lowest BCUT2D eigenvalue weighted by atomic mass is 10.3. The number of fused-ring (bicyclic) bond motifs is 1. The predicted octanol–water partition coefficient (Wildman–Crippen LogP) is 1.55. The van der Waals surface area contributed by atoms with Crippen LogP contribution in [0, 0.1) is 0 Å². The van der Waals surface area contributed by atoms with Gasteiger partial charge in [-0.05, 0) is 18.2 Å². The van der Waals surface area contributed by atoms with E-state index in [1.54, 1.807) is 0 Å². The van der Waals surface area contributed by atoms with Crippen LogP contribution in [-0.2, 0) is 17.5 Å². The Labute approximate surface area is 105 Å². The molecule has 0 aliphatic carbocycles. The quantitative estimate of drug-likeness (QED) is 0.861. The number of carbonyl (C=O) groups excluding carboxylic acids is 1. The molecule has 0 radical (unpaired) electrons. The molecule has 2 heterocycles. The molecule has 2 aromatic rings. The van der Waals surface area contributed by atoms with Gasteiger partial charge in [-0.15, -0.1) is 10.2 Å². The summed E-state index contributed by atoms with van der Waals surface area (Å²) in [6.07, 6.45) is -2.49. The first kappa shape index (κ1) is 13.1. The van der Waals surface area contributed by atoms with Crippen molar-refractivity contribution in [2.24, 2.45) is 0 Å². The SMILES string of the molecule is C=CC(=O)NCc1nnc2ccc(C(F)(F)F)cn12. The van der Waals surface area contributed by atoms with Crippen molar-refractivity contribution in [3.05, 3.63) is 42.4 Å². The molecule has 0 spiro atoms. The maximum Gasteiger partial charge on any atom is 0.417 e. The van der Waals surface area contributed by atoms with Gasteiger partial charge in [0.1, 0.15) is 0 Å². The standard InChI is InChI=1S/C11H9F3N4O/c1-2-10(19)15-5-9-17-16-8-4-3-7(6-18(8)9)11(12,13)14/h2-4,6H,1,5H2,(H,15,19). The molecule has 0 aromatic carbocycles. The van der Waals surface area contributed by atoms with Crippen molar-refractivity contribution in [1.82, 2.24) is 19.9 Å². The second-order valence-electron chi connectivity index (χ2n) is 3.68. The van der Waals surface area contributed by atoms with Crippen LogP contribution in [0.1, 0.15) is 11.4 Å². The first-order valence-electron chi connectivity index (χ1n) is 5.23. The number of aromatic nitrogens is 3. The van der Waals surface area contributed by atoms with Gasteiger partial charge in [0.2, 0.25) is 5.91 Å². The van der Waals surface area contributed by atoms with Gasteiger partial charge in [0.15, 0.2) is 11.5 Å². The van der Waals surface area contributed by atoms with E-state index < -0.39 is 17.6 Å². The fraction of sp³-hybridized carbons (Fsp3) is 0.182. The molecule has 19 heavy (non-hydrogen) atoms. The molecule has 0 bridgehead atoms. The summed E-state index contributed by atoms with van der Waals surface area (Å²) in [7, 11) is 0. The van der Waals surface area contributed by atoms with E-state index in [9.17, 15) is 18.0 Å². The molecular formula is C11H9F3N4O. The van der Waals surface area contributed by atoms with Crippen molar-refractivity contribution < 1.29 is 18.0 Å². The highest BCUT2D eigenvalue weighted by molar-refractivity contribution is 5.86. The Hall–Kier alpha value is -2.38. The molecule has 0 saturated carbocycles. The molecule has 0 aliphatic heterocycles. The van der Waals surface area contributed by atoms with Gasteiger partial charge in [-0.25, -0.2) is 0 Å². The minimum absolute atomic E-state index is 0.0344. The molecule has 0 aliphatic rings. The zero-order chi connectivity index (χ0) is 14.0. The van der Waals surface area contributed by atoms with Gasteiger partial charge >= 0.3 is 6.18 Å². The second kappa shape index (κ2) is 4.71. The lowest BCUT2D eigenvalue weighted by Gasteiger charge is -2.07. The molecule has 5 nitrogen and oxygen atoms in total. The van der Waals surface area contributed by atoms with Crippen molar-refractivity contribution in [1.29, 1.82) is 0 Å². The third-order valence-corrected chi connectivity index (χ3v) is 2.41. The van der Waals surface area contributed by atoms with E-state index in [2.05, 4.69) is 22.1 Å². The number of rotatable bonds is 3. The normalized spacial score (nSPS) is 11.5. The Morgan fingerprint density at radius 3 is 2.79 bits per heavy atom. The monoisotopic (exact) mass is 270 g/mol. The third kappa shape index (κ3) is 2.72. The molecule has 2 aromatic heterocycles. The topological polar surface area (TPSA) is 59.3 Å². The van der Waals surface area contributed by atoms with Crippen molar-refractivity contribution >= 4 is 11.6 Å². The summed E-state index contributed by atoms with van der Waals surface area (Å²) >= 11 is 0. The lowest BCUT2D eigenvalue weighted by Crippen LogP contribution is -2.21. The fourth-order valence-corrected chi connectivity index (χ4v) is 1.46. The fourth-order valence-electron chi connectivity index (χ4n) is 1.46. The summed E-state index contributed by atoms with van der Waals surface area (Å²) in [5.74, 6) is -0.236. The van der Waals surface area contributed by atoms with E-state index in [0.29, 0.717) is 0 Å². The maximum atomic E-state index is 12.6. The summed E-state index contributed by atoms with van der Waals surface area (Å²) in [6.45, 7) is 3.23. The van der Waals surface area contributed by atoms with Gasteiger partial charge in [0, 0.05) is 6.20 Å². The number of pyridine rings is 1. The van der Waals surface area contributed by atoms with Gasteiger partial charge in [-0.2, -0.15) is 13.2 Å². The van der Waals surface area contributed by atoms with Crippen molar-refractivity contribution in [2.45, 2.75) is 12.7 Å². The first-order valence-corrected chi connectivity index (χ1v) is 5.23. The molecule has 0 atom stereocenters. The number of amides is 1. The largest absolute Gasteiger partial charge is 0.417 e. The highest BCUT2D eigenvalue weighted by atomic mass is 19.4. The van der Waals surface area contributed by atoms with Crippen LogP contribution >= 0.6 is 0 Å². The van der Waals surface area contributed by atoms with E-state index in [4.69, 9.17) is 0 Å². The van der Waals surface area contributed by atoms with E-state index in [1.807, 2.05) is 0 Å². The average molecular weight is 270 g/mol. The summed E-state index contributed by atoms with van der Waals surface area (Å²) in [5.41, 5.74) is -0.535. The minimum atomic E-state index is -4.44. The number of carbonyl (C=O) groups is 1. The number of alkyl halides is 3. The Kier molecular flexibility index (Phi) is 3.24. The van der Waals surface area contributed by atoms with Crippen LogP contribution in [0.4, 0.5) is 13.2 Å². The Bertz CT molecular complexity index is 632. The molecule has 8 heteroatoms. The number of nitrogens with zero attached hydrogens (tertiary/aromatic N) is 3. The summed E-state index contributed by atoms with van der Waals surface area (Å²) in [6, 6.07) is 2.14. The Balaban J connectivity index is 2.35. The van der Waals surface area contributed by atoms with Gasteiger partial charge in [-0.1, -0.05) is 6.58 Å². The number of hydrogen-bond donors (Lipinski definition) is 1. The summed E-state index contributed by atoms with van der Waals surface area (Å²) in [5, 5.41) is 9.86. The minimum Gasteiger partial charge on any atom is -0.345 e. The van der Waals surface area contributed by atoms with Crippen LogP contribution in [0.15, 0.2) is 31.0 Å². The number of halogens is 3. The highest BCUT2D eigenvalue weighted by Gasteiger charge is 2.31. The van der Waals surface area contributed by atoms with Crippen molar-refractivity contribution in [3.8, 4) is 0 Å². The molecule has 2 rings (SSSR count). The van der Waals surface area contributed by atoms with Crippen LogP contribution in [0.3, 0.4) is 0 Å². The van der Waals surface area contributed by atoms with Crippen LogP contribution < -0.4 is 5.32 Å². The molecule has 0 unspecified atom stereocenters. The van der Waals surface area contributed by atoms with E-state index in [0.717, 1.165) is 18.3 Å². The van der Waals surface area contributed by atoms with Crippen molar-refractivity contribution in [3.63, 3.8) is 0 Å². The van der Waals surface area contributed by atoms with E-state index >= 15 is 0 Å². The summed E-state index contributed by atoms with van der Waals surface area (Å²) in [4.78, 5) is 11.0. The van der Waals surface area contributed by atoms with Gasteiger partial charge in [0.25, 0.3) is 0 Å². The maximum absolute atomic E-state index is 12.6. The van der Waals surface area contributed by atoms with Crippen LogP contribution in [0.2, 0.25) is 0 Å². The molecule has 0 saturated heterocycles. The predicted molar refractivity (Wildman–Crippen MR) is 60.0 cm³/mol. The molecular weight excluding hydrogens is 261 g/mol. The van der Waals surface area contributed by atoms with E-state index in [-0.39, 0.29) is 18.0 Å². The number of hydrogen-bond acceptors (Lipinski definition) is 3. The smallest absolute Gasteiger partial charge is 0.345 e. The van der Waals surface area contributed by atoms with Gasteiger partial charge in [0.05, 0.1) is 12.1 Å². The van der Waals surface area contributed by atoms with Crippen LogP contribution in [0.25, 0.3) is 5.65 Å². The third-order valence-electron chi connectivity index (χ3n) is 2.41. The Morgan fingerprint density at radius 1 is 1.42 bits per heavy atom. The van der Waals surface area contributed by atoms with E-state index in [1.165, 1.54) is 10.5 Å². The van der Waals surface area contributed by atoms with Crippen LogP contribution in [0.5, 0.6) is 0 Å². The Morgan fingerprint density at radius 2 is 2.16 bits per heavy atom. The zero-order valence-corrected chi connectivity index (χ0v) is 9.61. The average Bonchev–Trinajstić information content (AvgIpc) is 2.77. The summed E-state index contributed by atoms with van der Waals surface area (Å²) < 4.78 is 38.9.